The standard InChI is InChI=1S/C15H22N2O2/c1-3-4-7-10-17-13-9-6-5-8-12(13)15(19,11-16-2)14(17)18/h5-6,8-9,16,19H,3-4,7,10-11H2,1-2H3. The fraction of sp³-hybridized carbons (Fsp3) is 0.533. The molecule has 0 fully saturated rings. The van der Waals surface area contributed by atoms with Crippen molar-refractivity contribution in [2.45, 2.75) is 31.8 Å². The lowest BCUT2D eigenvalue weighted by atomic mass is 9.95. The third-order valence-electron chi connectivity index (χ3n) is 3.66. The van der Waals surface area contributed by atoms with Crippen LogP contribution in [-0.4, -0.2) is 31.2 Å². The Morgan fingerprint density at radius 3 is 2.74 bits per heavy atom. The first-order valence-electron chi connectivity index (χ1n) is 6.93. The largest absolute Gasteiger partial charge is 0.374 e. The van der Waals surface area contributed by atoms with E-state index >= 15 is 0 Å². The van der Waals surface area contributed by atoms with Crippen molar-refractivity contribution in [2.75, 3.05) is 25.0 Å². The van der Waals surface area contributed by atoms with Crippen LogP contribution in [0, 0.1) is 0 Å². The number of hydrogen-bond acceptors (Lipinski definition) is 3. The molecule has 1 aliphatic heterocycles. The van der Waals surface area contributed by atoms with Gasteiger partial charge in [-0.2, -0.15) is 0 Å². The highest BCUT2D eigenvalue weighted by Crippen LogP contribution is 2.39. The number of anilines is 1. The van der Waals surface area contributed by atoms with Gasteiger partial charge in [0.2, 0.25) is 0 Å². The summed E-state index contributed by atoms with van der Waals surface area (Å²) in [4.78, 5) is 14.2. The van der Waals surface area contributed by atoms with Gasteiger partial charge >= 0.3 is 0 Å². The van der Waals surface area contributed by atoms with E-state index in [1.807, 2.05) is 24.3 Å². The number of unbranched alkanes of at least 4 members (excludes halogenated alkanes) is 2. The number of hydrogen-bond donors (Lipinski definition) is 2. The van der Waals surface area contributed by atoms with Crippen molar-refractivity contribution >= 4 is 11.6 Å². The molecule has 4 heteroatoms. The Kier molecular flexibility index (Phi) is 4.22. The highest BCUT2D eigenvalue weighted by atomic mass is 16.3. The molecule has 1 heterocycles. The number of benzene rings is 1. The number of likely N-dealkylation sites (N-methyl/N-ethyl adjacent to an activating group) is 1. The molecule has 1 unspecified atom stereocenters. The van der Waals surface area contributed by atoms with Crippen LogP contribution in [0.4, 0.5) is 5.69 Å². The molecule has 2 rings (SSSR count). The summed E-state index contributed by atoms with van der Waals surface area (Å²) in [5, 5.41) is 13.6. The number of nitrogens with one attached hydrogen (secondary N) is 1. The number of fused-ring (bicyclic) bond motifs is 1. The molecule has 0 aromatic heterocycles. The van der Waals surface area contributed by atoms with E-state index in [1.165, 1.54) is 0 Å². The normalized spacial score (nSPS) is 21.8. The van der Waals surface area contributed by atoms with Gasteiger partial charge in [0, 0.05) is 18.7 Å². The summed E-state index contributed by atoms with van der Waals surface area (Å²) in [6.07, 6.45) is 3.17. The summed E-state index contributed by atoms with van der Waals surface area (Å²) in [5.74, 6) is -0.209. The molecule has 2 N–H and O–H groups in total. The van der Waals surface area contributed by atoms with Crippen LogP contribution in [0.5, 0.6) is 0 Å². The van der Waals surface area contributed by atoms with Gasteiger partial charge in [-0.05, 0) is 19.5 Å². The third kappa shape index (κ3) is 2.38. The van der Waals surface area contributed by atoms with Crippen molar-refractivity contribution in [1.82, 2.24) is 5.32 Å². The maximum atomic E-state index is 12.5. The summed E-state index contributed by atoms with van der Waals surface area (Å²) in [7, 11) is 1.74. The number of carbonyl (C=O) groups excluding carboxylic acids is 1. The summed E-state index contributed by atoms with van der Waals surface area (Å²) in [6, 6.07) is 7.52. The van der Waals surface area contributed by atoms with Gasteiger partial charge < -0.3 is 15.3 Å². The molecular weight excluding hydrogens is 240 g/mol. The first kappa shape index (κ1) is 14.0. The molecule has 0 radical (unpaired) electrons. The van der Waals surface area contributed by atoms with E-state index in [9.17, 15) is 9.90 Å². The Morgan fingerprint density at radius 2 is 2.05 bits per heavy atom. The minimum Gasteiger partial charge on any atom is -0.374 e. The second-order valence-corrected chi connectivity index (χ2v) is 5.07. The highest BCUT2D eigenvalue weighted by Gasteiger charge is 2.48. The second-order valence-electron chi connectivity index (χ2n) is 5.07. The molecule has 0 saturated heterocycles. The van der Waals surface area contributed by atoms with Crippen molar-refractivity contribution in [2.24, 2.45) is 0 Å². The van der Waals surface area contributed by atoms with Gasteiger partial charge in [0.25, 0.3) is 5.91 Å². The lowest BCUT2D eigenvalue weighted by molar-refractivity contribution is -0.135. The van der Waals surface area contributed by atoms with Gasteiger partial charge in [-0.1, -0.05) is 38.0 Å². The highest BCUT2D eigenvalue weighted by molar-refractivity contribution is 6.07. The van der Waals surface area contributed by atoms with Gasteiger partial charge in [-0.3, -0.25) is 4.79 Å². The Hall–Kier alpha value is -1.39. The van der Waals surface area contributed by atoms with Crippen LogP contribution in [0.2, 0.25) is 0 Å². The third-order valence-corrected chi connectivity index (χ3v) is 3.66. The molecule has 0 aliphatic carbocycles. The number of aliphatic hydroxyl groups is 1. The maximum absolute atomic E-state index is 12.5. The van der Waals surface area contributed by atoms with Crippen molar-refractivity contribution in [1.29, 1.82) is 0 Å². The Morgan fingerprint density at radius 1 is 1.32 bits per heavy atom. The molecule has 1 aromatic rings. The van der Waals surface area contributed by atoms with Gasteiger partial charge in [-0.15, -0.1) is 0 Å². The Labute approximate surface area is 114 Å². The molecule has 1 aromatic carbocycles. The predicted molar refractivity (Wildman–Crippen MR) is 76.1 cm³/mol. The van der Waals surface area contributed by atoms with E-state index in [2.05, 4.69) is 12.2 Å². The van der Waals surface area contributed by atoms with Crippen molar-refractivity contribution < 1.29 is 9.90 Å². The summed E-state index contributed by atoms with van der Waals surface area (Å²) in [6.45, 7) is 3.06. The molecule has 1 amide bonds. The molecular formula is C15H22N2O2. The lowest BCUT2D eigenvalue weighted by Gasteiger charge is -2.22. The van der Waals surface area contributed by atoms with Crippen LogP contribution in [0.3, 0.4) is 0 Å². The first-order chi connectivity index (χ1) is 9.15. The number of para-hydroxylation sites is 1. The molecule has 104 valence electrons. The fourth-order valence-electron chi connectivity index (χ4n) is 2.68. The minimum absolute atomic E-state index is 0.209. The SMILES string of the molecule is CCCCCN1C(=O)C(O)(CNC)c2ccccc21. The summed E-state index contributed by atoms with van der Waals surface area (Å²) >= 11 is 0. The average molecular weight is 262 g/mol. The molecule has 19 heavy (non-hydrogen) atoms. The Balaban J connectivity index is 2.30. The summed E-state index contributed by atoms with van der Waals surface area (Å²) < 4.78 is 0. The molecule has 4 nitrogen and oxygen atoms in total. The van der Waals surface area contributed by atoms with Crippen LogP contribution < -0.4 is 10.2 Å². The van der Waals surface area contributed by atoms with Crippen LogP contribution in [0.25, 0.3) is 0 Å². The topological polar surface area (TPSA) is 52.6 Å². The van der Waals surface area contributed by atoms with E-state index in [0.29, 0.717) is 12.1 Å². The number of amides is 1. The average Bonchev–Trinajstić information content (AvgIpc) is 2.62. The lowest BCUT2D eigenvalue weighted by Crippen LogP contribution is -2.46. The van der Waals surface area contributed by atoms with Crippen LogP contribution >= 0.6 is 0 Å². The molecule has 0 spiro atoms. The maximum Gasteiger partial charge on any atom is 0.265 e. The summed E-state index contributed by atoms with van der Waals surface area (Å²) in [5.41, 5.74) is 0.143. The molecule has 0 bridgehead atoms. The monoisotopic (exact) mass is 262 g/mol. The van der Waals surface area contributed by atoms with E-state index in [-0.39, 0.29) is 12.5 Å². The number of nitrogens with zero attached hydrogens (tertiary/aromatic N) is 1. The zero-order valence-corrected chi connectivity index (χ0v) is 11.6. The van der Waals surface area contributed by atoms with E-state index in [1.54, 1.807) is 11.9 Å². The smallest absolute Gasteiger partial charge is 0.265 e. The van der Waals surface area contributed by atoms with E-state index in [4.69, 9.17) is 0 Å². The fourth-order valence-corrected chi connectivity index (χ4v) is 2.68. The zero-order valence-electron chi connectivity index (χ0n) is 11.6. The minimum atomic E-state index is -1.42. The van der Waals surface area contributed by atoms with Gasteiger partial charge in [0.1, 0.15) is 0 Å². The number of carbonyl (C=O) groups is 1. The van der Waals surface area contributed by atoms with Gasteiger partial charge in [0.15, 0.2) is 5.60 Å². The Bertz CT molecular complexity index is 461. The van der Waals surface area contributed by atoms with Crippen molar-refractivity contribution in [3.63, 3.8) is 0 Å². The van der Waals surface area contributed by atoms with Crippen molar-refractivity contribution in [3.05, 3.63) is 29.8 Å². The first-order valence-corrected chi connectivity index (χ1v) is 6.93. The van der Waals surface area contributed by atoms with E-state index in [0.717, 1.165) is 24.9 Å². The van der Waals surface area contributed by atoms with Crippen LogP contribution in [-0.2, 0) is 10.4 Å². The van der Waals surface area contributed by atoms with Crippen molar-refractivity contribution in [3.8, 4) is 0 Å². The van der Waals surface area contributed by atoms with E-state index < -0.39 is 5.60 Å². The van der Waals surface area contributed by atoms with Crippen LogP contribution in [0.15, 0.2) is 24.3 Å². The molecule has 1 atom stereocenters. The van der Waals surface area contributed by atoms with Crippen LogP contribution in [0.1, 0.15) is 31.7 Å². The molecule has 1 aliphatic rings. The van der Waals surface area contributed by atoms with Gasteiger partial charge in [-0.25, -0.2) is 0 Å². The second kappa shape index (κ2) is 5.72. The number of rotatable bonds is 6. The van der Waals surface area contributed by atoms with Gasteiger partial charge in [0.05, 0.1) is 5.69 Å². The molecule has 0 saturated carbocycles. The predicted octanol–water partition coefficient (Wildman–Crippen LogP) is 1.63. The quantitative estimate of drug-likeness (QED) is 0.766. The zero-order chi connectivity index (χ0) is 13.9.